The third-order valence-corrected chi connectivity index (χ3v) is 6.17. The summed E-state index contributed by atoms with van der Waals surface area (Å²) in [7, 11) is 1.75. The van der Waals surface area contributed by atoms with Crippen molar-refractivity contribution in [3.63, 3.8) is 0 Å². The molecule has 2 aromatic carbocycles. The Morgan fingerprint density at radius 3 is 2.28 bits per heavy atom. The van der Waals surface area contributed by atoms with Crippen LogP contribution in [-0.2, 0) is 10.2 Å². The van der Waals surface area contributed by atoms with Gasteiger partial charge in [0.25, 0.3) is 0 Å². The molecule has 2 aromatic rings. The van der Waals surface area contributed by atoms with Crippen LogP contribution in [0.15, 0.2) is 48.5 Å². The molecule has 0 heterocycles. The molecule has 0 aromatic heterocycles. The molecule has 0 fully saturated rings. The van der Waals surface area contributed by atoms with Gasteiger partial charge in [-0.3, -0.25) is 4.79 Å². The minimum absolute atomic E-state index is 0.00953. The van der Waals surface area contributed by atoms with E-state index in [2.05, 4.69) is 48.5 Å². The lowest BCUT2D eigenvalue weighted by Gasteiger charge is -2.50. The molecule has 1 amide bonds. The predicted octanol–water partition coefficient (Wildman–Crippen LogP) is 3.44. The summed E-state index contributed by atoms with van der Waals surface area (Å²) < 4.78 is 0. The van der Waals surface area contributed by atoms with Crippen LogP contribution in [0.25, 0.3) is 0 Å². The van der Waals surface area contributed by atoms with E-state index in [0.717, 1.165) is 12.8 Å². The van der Waals surface area contributed by atoms with Crippen molar-refractivity contribution in [3.8, 4) is 0 Å². The zero-order chi connectivity index (χ0) is 17.6. The zero-order valence-corrected chi connectivity index (χ0v) is 14.9. The molecule has 0 radical (unpaired) electrons. The summed E-state index contributed by atoms with van der Waals surface area (Å²) >= 11 is 0. The van der Waals surface area contributed by atoms with E-state index in [4.69, 9.17) is 0 Å². The van der Waals surface area contributed by atoms with Gasteiger partial charge in [-0.25, -0.2) is 0 Å². The number of carbonyl (C=O) groups excluding carboxylic acids is 1. The van der Waals surface area contributed by atoms with Crippen LogP contribution in [-0.4, -0.2) is 35.6 Å². The molecule has 0 saturated carbocycles. The van der Waals surface area contributed by atoms with Gasteiger partial charge in [0, 0.05) is 31.8 Å². The highest BCUT2D eigenvalue weighted by molar-refractivity contribution is 5.72. The topological polar surface area (TPSA) is 40.5 Å². The standard InChI is InChI=1S/C22H25NO2/c1-15(24)23(2)14-16(25)13-22-12-11-17(18-7-3-5-9-20(18)22)19-8-4-6-10-21(19)22/h3-10,16-17,25H,11-14H2,1-2H3. The van der Waals surface area contributed by atoms with Gasteiger partial charge in [0.1, 0.15) is 0 Å². The Bertz CT molecular complexity index is 766. The summed E-state index contributed by atoms with van der Waals surface area (Å²) in [4.78, 5) is 13.1. The van der Waals surface area contributed by atoms with Gasteiger partial charge < -0.3 is 10.0 Å². The number of nitrogens with zero attached hydrogens (tertiary/aromatic N) is 1. The fraction of sp³-hybridized carbons (Fsp3) is 0.409. The summed E-state index contributed by atoms with van der Waals surface area (Å²) in [5.41, 5.74) is 5.43. The molecule has 3 heteroatoms. The summed E-state index contributed by atoms with van der Waals surface area (Å²) in [5, 5.41) is 10.8. The molecule has 0 spiro atoms. The first-order valence-corrected chi connectivity index (χ1v) is 9.11. The van der Waals surface area contributed by atoms with Crippen molar-refractivity contribution < 1.29 is 9.90 Å². The van der Waals surface area contributed by atoms with Crippen molar-refractivity contribution in [2.45, 2.75) is 43.6 Å². The number of rotatable bonds is 4. The second kappa shape index (κ2) is 5.99. The van der Waals surface area contributed by atoms with E-state index < -0.39 is 6.10 Å². The van der Waals surface area contributed by atoms with E-state index >= 15 is 0 Å². The quantitative estimate of drug-likeness (QED) is 0.930. The van der Waals surface area contributed by atoms with Crippen LogP contribution < -0.4 is 0 Å². The number of fused-ring (bicyclic) bond motifs is 1. The molecule has 1 atom stereocenters. The number of amides is 1. The van der Waals surface area contributed by atoms with Crippen molar-refractivity contribution in [3.05, 3.63) is 70.8 Å². The van der Waals surface area contributed by atoms with Crippen molar-refractivity contribution in [2.75, 3.05) is 13.6 Å². The van der Waals surface area contributed by atoms with Gasteiger partial charge in [-0.05, 0) is 41.5 Å². The summed E-state index contributed by atoms with van der Waals surface area (Å²) in [6.45, 7) is 1.92. The zero-order valence-electron chi connectivity index (χ0n) is 14.9. The Morgan fingerprint density at radius 2 is 1.72 bits per heavy atom. The fourth-order valence-electron chi connectivity index (χ4n) is 4.99. The summed E-state index contributed by atoms with van der Waals surface area (Å²) in [6, 6.07) is 17.4. The van der Waals surface area contributed by atoms with Crippen molar-refractivity contribution in [1.82, 2.24) is 4.90 Å². The molecule has 0 saturated heterocycles. The van der Waals surface area contributed by atoms with Crippen LogP contribution in [0.2, 0.25) is 0 Å². The molecule has 130 valence electrons. The van der Waals surface area contributed by atoms with Gasteiger partial charge in [0.15, 0.2) is 0 Å². The second-order valence-corrected chi connectivity index (χ2v) is 7.61. The maximum atomic E-state index is 11.5. The third-order valence-electron chi connectivity index (χ3n) is 6.17. The van der Waals surface area contributed by atoms with Crippen LogP contribution in [0.3, 0.4) is 0 Å². The van der Waals surface area contributed by atoms with Crippen LogP contribution in [0.1, 0.15) is 54.4 Å². The van der Waals surface area contributed by atoms with Crippen LogP contribution >= 0.6 is 0 Å². The molecule has 1 N–H and O–H groups in total. The molecular formula is C22H25NO2. The number of benzene rings is 2. The van der Waals surface area contributed by atoms with Gasteiger partial charge in [0.05, 0.1) is 6.10 Å². The SMILES string of the molecule is CC(=O)N(C)CC(O)CC12CCC(c3ccccc31)c1ccccc12. The van der Waals surface area contributed by atoms with Gasteiger partial charge in [-0.15, -0.1) is 0 Å². The Morgan fingerprint density at radius 1 is 1.16 bits per heavy atom. The van der Waals surface area contributed by atoms with Crippen LogP contribution in [0.5, 0.6) is 0 Å². The van der Waals surface area contributed by atoms with E-state index in [-0.39, 0.29) is 11.3 Å². The maximum Gasteiger partial charge on any atom is 0.219 e. The second-order valence-electron chi connectivity index (χ2n) is 7.61. The fourth-order valence-corrected chi connectivity index (χ4v) is 4.99. The lowest BCUT2D eigenvalue weighted by Crippen LogP contribution is -2.44. The smallest absolute Gasteiger partial charge is 0.219 e. The van der Waals surface area contributed by atoms with Crippen molar-refractivity contribution >= 4 is 5.91 Å². The minimum Gasteiger partial charge on any atom is -0.391 e. The van der Waals surface area contributed by atoms with E-state index in [1.165, 1.54) is 22.3 Å². The predicted molar refractivity (Wildman–Crippen MR) is 98.7 cm³/mol. The molecule has 25 heavy (non-hydrogen) atoms. The number of hydrogen-bond acceptors (Lipinski definition) is 2. The Balaban J connectivity index is 1.77. The molecule has 3 nitrogen and oxygen atoms in total. The molecule has 3 aliphatic carbocycles. The Labute approximate surface area is 149 Å². The number of aliphatic hydroxyl groups is 1. The summed E-state index contributed by atoms with van der Waals surface area (Å²) in [6.07, 6.45) is 2.31. The van der Waals surface area contributed by atoms with E-state index in [9.17, 15) is 9.90 Å². The lowest BCUT2D eigenvalue weighted by molar-refractivity contribution is -0.128. The third kappa shape index (κ3) is 2.49. The van der Waals surface area contributed by atoms with Gasteiger partial charge >= 0.3 is 0 Å². The summed E-state index contributed by atoms with van der Waals surface area (Å²) in [5.74, 6) is 0.469. The minimum atomic E-state index is -0.537. The van der Waals surface area contributed by atoms with Gasteiger partial charge in [-0.1, -0.05) is 48.5 Å². The largest absolute Gasteiger partial charge is 0.391 e. The molecular weight excluding hydrogens is 310 g/mol. The van der Waals surface area contributed by atoms with Gasteiger partial charge in [-0.2, -0.15) is 0 Å². The first-order valence-electron chi connectivity index (χ1n) is 9.11. The Hall–Kier alpha value is -2.13. The Kier molecular flexibility index (Phi) is 3.92. The maximum absolute atomic E-state index is 11.5. The number of carbonyl (C=O) groups is 1. The average molecular weight is 335 g/mol. The van der Waals surface area contributed by atoms with E-state index in [0.29, 0.717) is 18.9 Å². The highest BCUT2D eigenvalue weighted by Gasteiger charge is 2.48. The lowest BCUT2D eigenvalue weighted by atomic mass is 9.53. The van der Waals surface area contributed by atoms with Gasteiger partial charge in [0.2, 0.25) is 5.91 Å². The van der Waals surface area contributed by atoms with Crippen LogP contribution in [0.4, 0.5) is 0 Å². The first kappa shape index (κ1) is 16.3. The number of hydrogen-bond donors (Lipinski definition) is 1. The normalized spacial score (nSPS) is 24.4. The van der Waals surface area contributed by atoms with E-state index in [1.807, 2.05) is 0 Å². The molecule has 1 unspecified atom stereocenters. The molecule has 0 aliphatic heterocycles. The molecule has 5 rings (SSSR count). The van der Waals surface area contributed by atoms with Crippen molar-refractivity contribution in [1.29, 1.82) is 0 Å². The average Bonchev–Trinajstić information content (AvgIpc) is 2.62. The van der Waals surface area contributed by atoms with Crippen molar-refractivity contribution in [2.24, 2.45) is 0 Å². The van der Waals surface area contributed by atoms with Crippen LogP contribution in [0, 0.1) is 0 Å². The highest BCUT2D eigenvalue weighted by Crippen LogP contribution is 2.57. The monoisotopic (exact) mass is 335 g/mol. The molecule has 2 bridgehead atoms. The first-order chi connectivity index (χ1) is 12.0. The number of aliphatic hydroxyl groups excluding tert-OH is 1. The highest BCUT2D eigenvalue weighted by atomic mass is 16.3. The number of likely N-dealkylation sites (N-methyl/N-ethyl adjacent to an activating group) is 1. The van der Waals surface area contributed by atoms with E-state index in [1.54, 1.807) is 18.9 Å². The molecule has 3 aliphatic rings.